The van der Waals surface area contributed by atoms with Crippen LogP contribution in [0.4, 0.5) is 5.00 Å². The van der Waals surface area contributed by atoms with E-state index in [9.17, 15) is 9.59 Å². The summed E-state index contributed by atoms with van der Waals surface area (Å²) in [5.74, 6) is -0.306. The molecule has 1 fully saturated rings. The molecule has 24 heavy (non-hydrogen) atoms. The number of thiophene rings is 1. The molecule has 0 unspecified atom stereocenters. The van der Waals surface area contributed by atoms with Gasteiger partial charge in [0.15, 0.2) is 0 Å². The van der Waals surface area contributed by atoms with E-state index in [2.05, 4.69) is 5.32 Å². The van der Waals surface area contributed by atoms with E-state index in [1.165, 1.54) is 11.3 Å². The Hall–Kier alpha value is -2.14. The minimum absolute atomic E-state index is 0.00709. The Morgan fingerprint density at radius 1 is 1.25 bits per heavy atom. The van der Waals surface area contributed by atoms with E-state index in [1.807, 2.05) is 37.3 Å². The Bertz CT molecular complexity index is 747. The van der Waals surface area contributed by atoms with Crippen LogP contribution >= 0.6 is 11.3 Å². The van der Waals surface area contributed by atoms with Crippen LogP contribution in [-0.2, 0) is 9.53 Å². The summed E-state index contributed by atoms with van der Waals surface area (Å²) >= 11 is 1.44. The number of amides is 1. The molecule has 126 valence electrons. The number of rotatable bonds is 5. The van der Waals surface area contributed by atoms with Crippen molar-refractivity contribution in [1.82, 2.24) is 0 Å². The Morgan fingerprint density at radius 3 is 2.54 bits per heavy atom. The first-order valence-electron chi connectivity index (χ1n) is 8.28. The first kappa shape index (κ1) is 16.7. The largest absolute Gasteiger partial charge is 0.462 e. The summed E-state index contributed by atoms with van der Waals surface area (Å²) in [5.41, 5.74) is 2.28. The molecule has 0 aliphatic heterocycles. The molecule has 1 aromatic carbocycles. The van der Waals surface area contributed by atoms with Crippen LogP contribution in [-0.4, -0.2) is 18.5 Å². The fourth-order valence-corrected chi connectivity index (χ4v) is 3.93. The smallest absolute Gasteiger partial charge is 0.341 e. The lowest BCUT2D eigenvalue weighted by molar-refractivity contribution is -0.122. The third-order valence-electron chi connectivity index (χ3n) is 4.34. The molecule has 0 saturated heterocycles. The lowest BCUT2D eigenvalue weighted by atomic mass is 9.85. The summed E-state index contributed by atoms with van der Waals surface area (Å²) < 4.78 is 5.24. The summed E-state index contributed by atoms with van der Waals surface area (Å²) in [6, 6.07) is 9.75. The summed E-state index contributed by atoms with van der Waals surface area (Å²) in [7, 11) is 0. The van der Waals surface area contributed by atoms with E-state index < -0.39 is 0 Å². The van der Waals surface area contributed by atoms with Gasteiger partial charge in [0.1, 0.15) is 10.6 Å². The molecular formula is C19H21NO3S. The number of benzene rings is 1. The average Bonchev–Trinajstić information content (AvgIpc) is 2.82. The SMILES string of the molecule is CCOC(=O)c1c(NC(=O)C2CCC2)sc(C)c1-c1ccccc1. The zero-order valence-electron chi connectivity index (χ0n) is 13.9. The van der Waals surface area contributed by atoms with Gasteiger partial charge in [0.05, 0.1) is 6.61 Å². The first-order valence-corrected chi connectivity index (χ1v) is 9.10. The fraction of sp³-hybridized carbons (Fsp3) is 0.368. The van der Waals surface area contributed by atoms with E-state index >= 15 is 0 Å². The first-order chi connectivity index (χ1) is 11.6. The van der Waals surface area contributed by atoms with Crippen LogP contribution in [0.25, 0.3) is 11.1 Å². The van der Waals surface area contributed by atoms with Gasteiger partial charge in [0, 0.05) is 16.4 Å². The molecule has 1 saturated carbocycles. The lowest BCUT2D eigenvalue weighted by Gasteiger charge is -2.23. The van der Waals surface area contributed by atoms with Gasteiger partial charge in [-0.25, -0.2) is 4.79 Å². The van der Waals surface area contributed by atoms with Gasteiger partial charge in [-0.3, -0.25) is 4.79 Å². The number of hydrogen-bond acceptors (Lipinski definition) is 4. The normalized spacial score (nSPS) is 14.1. The average molecular weight is 343 g/mol. The predicted molar refractivity (Wildman–Crippen MR) is 96.4 cm³/mol. The highest BCUT2D eigenvalue weighted by atomic mass is 32.1. The van der Waals surface area contributed by atoms with Crippen molar-refractivity contribution >= 4 is 28.2 Å². The Morgan fingerprint density at radius 2 is 1.96 bits per heavy atom. The summed E-state index contributed by atoms with van der Waals surface area (Å²) in [6.45, 7) is 4.05. The molecule has 0 bridgehead atoms. The summed E-state index contributed by atoms with van der Waals surface area (Å²) in [4.78, 5) is 25.9. The highest BCUT2D eigenvalue weighted by Crippen LogP contribution is 2.41. The third-order valence-corrected chi connectivity index (χ3v) is 5.36. The number of anilines is 1. The molecule has 0 atom stereocenters. The molecule has 3 rings (SSSR count). The topological polar surface area (TPSA) is 55.4 Å². The number of esters is 1. The second-order valence-electron chi connectivity index (χ2n) is 5.94. The zero-order valence-corrected chi connectivity index (χ0v) is 14.7. The van der Waals surface area contributed by atoms with Crippen molar-refractivity contribution in [2.75, 3.05) is 11.9 Å². The molecule has 0 radical (unpaired) electrons. The molecule has 2 aromatic rings. The molecule has 1 aliphatic carbocycles. The van der Waals surface area contributed by atoms with Gasteiger partial charge in [-0.1, -0.05) is 36.8 Å². The number of carbonyl (C=O) groups is 2. The standard InChI is InChI=1S/C19H21NO3S/c1-3-23-19(22)16-15(13-8-5-4-6-9-13)12(2)24-18(16)20-17(21)14-10-7-11-14/h4-6,8-9,14H,3,7,10-11H2,1-2H3,(H,20,21). The fourth-order valence-electron chi connectivity index (χ4n) is 2.87. The van der Waals surface area contributed by atoms with Crippen molar-refractivity contribution in [3.63, 3.8) is 0 Å². The van der Waals surface area contributed by atoms with Crippen LogP contribution in [0.1, 0.15) is 41.4 Å². The second kappa shape index (κ2) is 7.18. The van der Waals surface area contributed by atoms with E-state index in [0.717, 1.165) is 35.3 Å². The van der Waals surface area contributed by atoms with E-state index in [4.69, 9.17) is 4.74 Å². The number of carbonyl (C=O) groups excluding carboxylic acids is 2. The van der Waals surface area contributed by atoms with Crippen LogP contribution in [0.5, 0.6) is 0 Å². The quantitative estimate of drug-likeness (QED) is 0.805. The zero-order chi connectivity index (χ0) is 17.1. The molecule has 1 heterocycles. The predicted octanol–water partition coefficient (Wildman–Crippen LogP) is 4.64. The Labute approximate surface area is 145 Å². The highest BCUT2D eigenvalue weighted by molar-refractivity contribution is 7.17. The lowest BCUT2D eigenvalue weighted by Crippen LogP contribution is -2.28. The van der Waals surface area contributed by atoms with Crippen molar-refractivity contribution < 1.29 is 14.3 Å². The van der Waals surface area contributed by atoms with E-state index in [0.29, 0.717) is 17.2 Å². The van der Waals surface area contributed by atoms with Gasteiger partial charge in [0.25, 0.3) is 0 Å². The Kier molecular flexibility index (Phi) is 5.00. The van der Waals surface area contributed by atoms with E-state index in [-0.39, 0.29) is 17.8 Å². The van der Waals surface area contributed by atoms with Gasteiger partial charge >= 0.3 is 5.97 Å². The van der Waals surface area contributed by atoms with Gasteiger partial charge in [0.2, 0.25) is 5.91 Å². The molecule has 0 spiro atoms. The van der Waals surface area contributed by atoms with Gasteiger partial charge < -0.3 is 10.1 Å². The monoisotopic (exact) mass is 343 g/mol. The van der Waals surface area contributed by atoms with Crippen LogP contribution < -0.4 is 5.32 Å². The molecule has 1 amide bonds. The molecular weight excluding hydrogens is 322 g/mol. The van der Waals surface area contributed by atoms with Crippen LogP contribution in [0, 0.1) is 12.8 Å². The summed E-state index contributed by atoms with van der Waals surface area (Å²) in [6.07, 6.45) is 2.95. The van der Waals surface area contributed by atoms with Gasteiger partial charge in [-0.05, 0) is 32.3 Å². The van der Waals surface area contributed by atoms with Crippen LogP contribution in [0.15, 0.2) is 30.3 Å². The molecule has 4 nitrogen and oxygen atoms in total. The highest BCUT2D eigenvalue weighted by Gasteiger charge is 2.29. The van der Waals surface area contributed by atoms with Crippen LogP contribution in [0.3, 0.4) is 0 Å². The number of ether oxygens (including phenoxy) is 1. The summed E-state index contributed by atoms with van der Waals surface area (Å²) in [5, 5.41) is 3.56. The van der Waals surface area contributed by atoms with Crippen molar-refractivity contribution in [1.29, 1.82) is 0 Å². The molecule has 1 aromatic heterocycles. The second-order valence-corrected chi connectivity index (χ2v) is 7.17. The number of aryl methyl sites for hydroxylation is 1. The minimum atomic E-state index is -0.385. The maximum absolute atomic E-state index is 12.5. The van der Waals surface area contributed by atoms with Crippen molar-refractivity contribution in [2.24, 2.45) is 5.92 Å². The van der Waals surface area contributed by atoms with Crippen LogP contribution in [0.2, 0.25) is 0 Å². The number of nitrogens with one attached hydrogen (secondary N) is 1. The van der Waals surface area contributed by atoms with Crippen molar-refractivity contribution in [2.45, 2.75) is 33.1 Å². The minimum Gasteiger partial charge on any atom is -0.462 e. The van der Waals surface area contributed by atoms with E-state index in [1.54, 1.807) is 6.92 Å². The van der Waals surface area contributed by atoms with Gasteiger partial charge in [-0.2, -0.15) is 0 Å². The molecule has 1 aliphatic rings. The van der Waals surface area contributed by atoms with Crippen molar-refractivity contribution in [3.8, 4) is 11.1 Å². The maximum atomic E-state index is 12.5. The number of hydrogen-bond donors (Lipinski definition) is 1. The van der Waals surface area contributed by atoms with Crippen molar-refractivity contribution in [3.05, 3.63) is 40.8 Å². The molecule has 1 N–H and O–H groups in total. The Balaban J connectivity index is 2.01. The molecule has 5 heteroatoms. The third kappa shape index (κ3) is 3.22. The van der Waals surface area contributed by atoms with Gasteiger partial charge in [-0.15, -0.1) is 11.3 Å². The maximum Gasteiger partial charge on any atom is 0.341 e.